The van der Waals surface area contributed by atoms with E-state index in [1.165, 1.54) is 7.11 Å². The first-order valence-electron chi connectivity index (χ1n) is 4.64. The first-order valence-corrected chi connectivity index (χ1v) is 4.64. The smallest absolute Gasteiger partial charge is 0.277 e. The highest BCUT2D eigenvalue weighted by Crippen LogP contribution is 2.32. The number of halogens is 1. The van der Waals surface area contributed by atoms with Crippen molar-refractivity contribution >= 4 is 0 Å². The van der Waals surface area contributed by atoms with Crippen LogP contribution in [-0.4, -0.2) is 59.1 Å². The number of hydrogen-bond donors (Lipinski definition) is 2. The third-order valence-electron chi connectivity index (χ3n) is 2.89. The van der Waals surface area contributed by atoms with Gasteiger partial charge in [0.15, 0.2) is 18.5 Å². The van der Waals surface area contributed by atoms with Crippen LogP contribution >= 0.6 is 0 Å². The second kappa shape index (κ2) is 4.58. The van der Waals surface area contributed by atoms with E-state index in [1.807, 2.05) is 0 Å². The van der Waals surface area contributed by atoms with Crippen LogP contribution in [0.3, 0.4) is 0 Å². The van der Waals surface area contributed by atoms with Crippen molar-refractivity contribution in [3.05, 3.63) is 10.1 Å². The molecule has 0 aliphatic carbocycles. The van der Waals surface area contributed by atoms with Crippen molar-refractivity contribution in [1.82, 2.24) is 0 Å². The van der Waals surface area contributed by atoms with E-state index < -0.39 is 41.7 Å². The standard InChI is InChI=1S/C8H14FNO6/c1-8(10(13)14)5(11)4(3-9)16-7(15-2)6(8)12/h4-7,11-12H,3H2,1-2H3/t4-,5-,6+,7-,8-/m0/s1. The molecular weight excluding hydrogens is 225 g/mol. The van der Waals surface area contributed by atoms with Gasteiger partial charge in [0.2, 0.25) is 0 Å². The molecule has 1 aliphatic rings. The highest BCUT2D eigenvalue weighted by molar-refractivity contribution is 4.99. The molecule has 0 radical (unpaired) electrons. The fraction of sp³-hybridized carbons (Fsp3) is 1.00. The summed E-state index contributed by atoms with van der Waals surface area (Å²) in [6.45, 7) is -0.0727. The Balaban J connectivity index is 3.06. The second-order valence-electron chi connectivity index (χ2n) is 3.81. The maximum atomic E-state index is 12.5. The molecular formula is C8H14FNO6. The minimum Gasteiger partial charge on any atom is -0.383 e. The Bertz CT molecular complexity index is 259. The lowest BCUT2D eigenvalue weighted by atomic mass is 9.83. The third kappa shape index (κ3) is 1.77. The minimum absolute atomic E-state index is 0.848. The van der Waals surface area contributed by atoms with Gasteiger partial charge in [0, 0.05) is 19.0 Å². The molecule has 0 saturated carbocycles. The van der Waals surface area contributed by atoms with E-state index in [1.54, 1.807) is 0 Å². The van der Waals surface area contributed by atoms with Crippen molar-refractivity contribution in [2.45, 2.75) is 37.1 Å². The Morgan fingerprint density at radius 1 is 1.56 bits per heavy atom. The van der Waals surface area contributed by atoms with Gasteiger partial charge in [0.05, 0.1) is 0 Å². The molecule has 1 aliphatic heterocycles. The Labute approximate surface area is 90.9 Å². The predicted molar refractivity (Wildman–Crippen MR) is 49.1 cm³/mol. The van der Waals surface area contributed by atoms with Gasteiger partial charge in [-0.15, -0.1) is 0 Å². The number of aliphatic hydroxyl groups excluding tert-OH is 2. The van der Waals surface area contributed by atoms with E-state index in [-0.39, 0.29) is 0 Å². The molecule has 0 aromatic carbocycles. The SMILES string of the molecule is CO[C@H]1O[C@@H](CF)[C@H](O)[C@](C)([N+](=O)[O-])[C@@H]1O. The third-order valence-corrected chi connectivity index (χ3v) is 2.89. The van der Waals surface area contributed by atoms with E-state index in [9.17, 15) is 24.7 Å². The first kappa shape index (κ1) is 13.2. The van der Waals surface area contributed by atoms with Crippen molar-refractivity contribution in [1.29, 1.82) is 0 Å². The lowest BCUT2D eigenvalue weighted by molar-refractivity contribution is -0.609. The molecule has 0 unspecified atom stereocenters. The van der Waals surface area contributed by atoms with Crippen LogP contribution in [0, 0.1) is 10.1 Å². The molecule has 5 atom stereocenters. The van der Waals surface area contributed by atoms with Gasteiger partial charge < -0.3 is 19.7 Å². The number of hydrogen-bond acceptors (Lipinski definition) is 6. The summed E-state index contributed by atoms with van der Waals surface area (Å²) in [5, 5.41) is 30.2. The van der Waals surface area contributed by atoms with Crippen molar-refractivity contribution < 1.29 is 29.0 Å². The van der Waals surface area contributed by atoms with Crippen LogP contribution in [0.4, 0.5) is 4.39 Å². The number of aliphatic hydroxyl groups is 2. The topological polar surface area (TPSA) is 102 Å². The maximum absolute atomic E-state index is 12.5. The molecule has 94 valence electrons. The molecule has 2 N–H and O–H groups in total. The summed E-state index contributed by atoms with van der Waals surface area (Å²) in [6, 6.07) is 0. The average Bonchev–Trinajstić information content (AvgIpc) is 2.26. The number of ether oxygens (including phenoxy) is 2. The summed E-state index contributed by atoms with van der Waals surface area (Å²) < 4.78 is 22.1. The van der Waals surface area contributed by atoms with Crippen LogP contribution in [0.25, 0.3) is 0 Å². The number of nitrogens with zero attached hydrogens (tertiary/aromatic N) is 1. The number of alkyl halides is 1. The van der Waals surface area contributed by atoms with Crippen molar-refractivity contribution in [3.8, 4) is 0 Å². The molecule has 1 fully saturated rings. The molecule has 0 bridgehead atoms. The van der Waals surface area contributed by atoms with Crippen LogP contribution in [0.2, 0.25) is 0 Å². The molecule has 1 heterocycles. The summed E-state index contributed by atoms with van der Waals surface area (Å²) in [6.07, 6.45) is -6.14. The summed E-state index contributed by atoms with van der Waals surface area (Å²) in [7, 11) is 1.17. The highest BCUT2D eigenvalue weighted by atomic mass is 19.1. The lowest BCUT2D eigenvalue weighted by Crippen LogP contribution is -2.69. The summed E-state index contributed by atoms with van der Waals surface area (Å²) >= 11 is 0. The predicted octanol–water partition coefficient (Wildman–Crippen LogP) is -0.916. The zero-order valence-corrected chi connectivity index (χ0v) is 8.87. The van der Waals surface area contributed by atoms with Crippen LogP contribution < -0.4 is 0 Å². The van der Waals surface area contributed by atoms with Crippen molar-refractivity contribution in [2.24, 2.45) is 0 Å². The molecule has 1 saturated heterocycles. The van der Waals surface area contributed by atoms with E-state index in [0.29, 0.717) is 0 Å². The van der Waals surface area contributed by atoms with Crippen LogP contribution in [0.5, 0.6) is 0 Å². The number of methoxy groups -OCH3 is 1. The van der Waals surface area contributed by atoms with E-state index in [0.717, 1.165) is 6.92 Å². The molecule has 0 amide bonds. The Hall–Kier alpha value is -0.830. The fourth-order valence-corrected chi connectivity index (χ4v) is 1.67. The highest BCUT2D eigenvalue weighted by Gasteiger charge is 2.62. The Morgan fingerprint density at radius 2 is 2.12 bits per heavy atom. The summed E-state index contributed by atoms with van der Waals surface area (Å²) in [4.78, 5) is 10.0. The normalized spacial score (nSPS) is 44.3. The largest absolute Gasteiger partial charge is 0.383 e. The van der Waals surface area contributed by atoms with Gasteiger partial charge in [-0.1, -0.05) is 0 Å². The molecule has 0 aromatic rings. The van der Waals surface area contributed by atoms with Crippen LogP contribution in [0.1, 0.15) is 6.92 Å². The summed E-state index contributed by atoms with van der Waals surface area (Å²) in [5.74, 6) is 0. The summed E-state index contributed by atoms with van der Waals surface area (Å²) in [5.41, 5.74) is -2.12. The quantitative estimate of drug-likeness (QED) is 0.488. The van der Waals surface area contributed by atoms with E-state index in [2.05, 4.69) is 4.74 Å². The van der Waals surface area contributed by atoms with Gasteiger partial charge in [-0.25, -0.2) is 4.39 Å². The number of nitro groups is 1. The average molecular weight is 239 g/mol. The van der Waals surface area contributed by atoms with Crippen molar-refractivity contribution in [2.75, 3.05) is 13.8 Å². The van der Waals surface area contributed by atoms with Gasteiger partial charge >= 0.3 is 0 Å². The Kier molecular flexibility index (Phi) is 3.79. The van der Waals surface area contributed by atoms with Gasteiger partial charge in [0.1, 0.15) is 12.8 Å². The van der Waals surface area contributed by atoms with Gasteiger partial charge in [-0.3, -0.25) is 10.1 Å². The lowest BCUT2D eigenvalue weighted by Gasteiger charge is -2.42. The zero-order chi connectivity index (χ0) is 12.5. The second-order valence-corrected chi connectivity index (χ2v) is 3.81. The van der Waals surface area contributed by atoms with Gasteiger partial charge in [0.25, 0.3) is 5.54 Å². The minimum atomic E-state index is -2.12. The maximum Gasteiger partial charge on any atom is 0.277 e. The van der Waals surface area contributed by atoms with Gasteiger partial charge in [-0.2, -0.15) is 0 Å². The number of rotatable bonds is 3. The van der Waals surface area contributed by atoms with Crippen molar-refractivity contribution in [3.63, 3.8) is 0 Å². The molecule has 1 rings (SSSR count). The van der Waals surface area contributed by atoms with E-state index in [4.69, 9.17) is 4.74 Å². The van der Waals surface area contributed by atoms with Gasteiger partial charge in [-0.05, 0) is 0 Å². The molecule has 16 heavy (non-hydrogen) atoms. The Morgan fingerprint density at radius 3 is 2.50 bits per heavy atom. The van der Waals surface area contributed by atoms with E-state index >= 15 is 0 Å². The van der Waals surface area contributed by atoms with Crippen LogP contribution in [-0.2, 0) is 9.47 Å². The zero-order valence-electron chi connectivity index (χ0n) is 8.87. The monoisotopic (exact) mass is 239 g/mol. The van der Waals surface area contributed by atoms with Crippen LogP contribution in [0.15, 0.2) is 0 Å². The molecule has 7 nitrogen and oxygen atoms in total. The fourth-order valence-electron chi connectivity index (χ4n) is 1.67. The molecule has 8 heteroatoms. The molecule has 0 spiro atoms. The molecule has 0 aromatic heterocycles. The first-order chi connectivity index (χ1) is 7.39.